The van der Waals surface area contributed by atoms with Crippen LogP contribution in [0, 0.1) is 0 Å². The van der Waals surface area contributed by atoms with Crippen molar-refractivity contribution in [2.24, 2.45) is 0 Å². The number of phenols is 1. The fraction of sp³-hybridized carbons (Fsp3) is 0.308. The van der Waals surface area contributed by atoms with Gasteiger partial charge in [-0.15, -0.1) is 0 Å². The molecular weight excluding hydrogens is 456 g/mol. The zero-order chi connectivity index (χ0) is 24.9. The lowest BCUT2D eigenvalue weighted by Gasteiger charge is -2.21. The molecule has 0 unspecified atom stereocenters. The Morgan fingerprint density at radius 3 is 2.15 bits per heavy atom. The van der Waals surface area contributed by atoms with Crippen LogP contribution in [0.1, 0.15) is 71.4 Å². The van der Waals surface area contributed by atoms with Gasteiger partial charge in [0.2, 0.25) is 0 Å². The number of carboxylic acid groups (broad SMARTS) is 1. The summed E-state index contributed by atoms with van der Waals surface area (Å²) in [5.74, 6) is -2.22. The molecule has 0 aliphatic carbocycles. The molecule has 0 aliphatic heterocycles. The lowest BCUT2D eigenvalue weighted by molar-refractivity contribution is 0.0693. The van der Waals surface area contributed by atoms with E-state index < -0.39 is 21.8 Å². The second kappa shape index (κ2) is 10.7. The third-order valence-electron chi connectivity index (χ3n) is 5.76. The van der Waals surface area contributed by atoms with Gasteiger partial charge in [0, 0.05) is 11.6 Å². The number of benzene rings is 3. The number of hydrogen-bond acceptors (Lipinski definition) is 6. The third kappa shape index (κ3) is 5.07. The van der Waals surface area contributed by atoms with Gasteiger partial charge in [-0.2, -0.15) is 8.42 Å². The van der Waals surface area contributed by atoms with Crippen molar-refractivity contribution in [2.75, 3.05) is 0 Å². The second-order valence-corrected chi connectivity index (χ2v) is 9.58. The number of rotatable bonds is 11. The van der Waals surface area contributed by atoms with Gasteiger partial charge in [0.15, 0.2) is 6.29 Å². The Labute approximate surface area is 199 Å². The van der Waals surface area contributed by atoms with Gasteiger partial charge in [0.05, 0.1) is 0 Å². The molecule has 0 amide bonds. The van der Waals surface area contributed by atoms with E-state index in [2.05, 4.69) is 6.92 Å². The minimum absolute atomic E-state index is 0.0355. The highest BCUT2D eigenvalue weighted by atomic mass is 32.2. The summed E-state index contributed by atoms with van der Waals surface area (Å²) in [4.78, 5) is 23.2. The Morgan fingerprint density at radius 2 is 1.59 bits per heavy atom. The molecule has 0 saturated heterocycles. The number of carbonyl (C=O) groups excluding carboxylic acids is 1. The van der Waals surface area contributed by atoms with Crippen LogP contribution in [0.15, 0.2) is 47.4 Å². The van der Waals surface area contributed by atoms with E-state index in [0.29, 0.717) is 30.1 Å². The lowest BCUT2D eigenvalue weighted by Crippen LogP contribution is -2.17. The fourth-order valence-corrected chi connectivity index (χ4v) is 5.53. The van der Waals surface area contributed by atoms with Crippen molar-refractivity contribution in [1.29, 1.82) is 0 Å². The molecule has 0 aliphatic rings. The van der Waals surface area contributed by atoms with Crippen LogP contribution in [0.2, 0.25) is 0 Å². The van der Waals surface area contributed by atoms with Crippen LogP contribution in [0.5, 0.6) is 11.5 Å². The van der Waals surface area contributed by atoms with Gasteiger partial charge in [-0.25, -0.2) is 4.79 Å². The topological polar surface area (TPSA) is 118 Å². The Hall–Kier alpha value is -3.39. The van der Waals surface area contributed by atoms with Crippen molar-refractivity contribution in [3.05, 3.63) is 64.7 Å². The Balaban J connectivity index is 2.27. The molecule has 0 radical (unpaired) electrons. The fourth-order valence-electron chi connectivity index (χ4n) is 4.14. The number of carbonyl (C=O) groups is 2. The first-order valence-corrected chi connectivity index (χ1v) is 12.7. The van der Waals surface area contributed by atoms with Crippen LogP contribution in [-0.2, 0) is 23.0 Å². The molecule has 3 aromatic carbocycles. The van der Waals surface area contributed by atoms with E-state index in [-0.39, 0.29) is 21.8 Å². The number of carboxylic acids is 1. The average molecular weight is 485 g/mol. The number of fused-ring (bicyclic) bond motifs is 1. The van der Waals surface area contributed by atoms with Crippen molar-refractivity contribution in [1.82, 2.24) is 0 Å². The summed E-state index contributed by atoms with van der Waals surface area (Å²) in [7, 11) is -4.50. The largest absolute Gasteiger partial charge is 0.507 e. The Morgan fingerprint density at radius 1 is 0.971 bits per heavy atom. The molecule has 0 heterocycles. The van der Waals surface area contributed by atoms with Crippen LogP contribution in [0.3, 0.4) is 0 Å². The van der Waals surface area contributed by atoms with Crippen molar-refractivity contribution in [3.63, 3.8) is 0 Å². The van der Waals surface area contributed by atoms with E-state index in [1.54, 1.807) is 12.1 Å². The zero-order valence-electron chi connectivity index (χ0n) is 19.2. The Kier molecular flexibility index (Phi) is 7.94. The molecule has 0 aromatic heterocycles. The predicted octanol–water partition coefficient (Wildman–Crippen LogP) is 5.51. The summed E-state index contributed by atoms with van der Waals surface area (Å²) in [6.45, 7) is 4.06. The number of aromatic carboxylic acids is 1. The van der Waals surface area contributed by atoms with Gasteiger partial charge in [0.25, 0.3) is 0 Å². The van der Waals surface area contributed by atoms with Crippen molar-refractivity contribution >= 4 is 33.1 Å². The van der Waals surface area contributed by atoms with Gasteiger partial charge < -0.3 is 14.4 Å². The number of aromatic hydroxyl groups is 1. The Bertz CT molecular complexity index is 1330. The van der Waals surface area contributed by atoms with E-state index in [1.165, 1.54) is 0 Å². The summed E-state index contributed by atoms with van der Waals surface area (Å²) in [6.07, 6.45) is 5.00. The molecule has 0 bridgehead atoms. The molecule has 7 nitrogen and oxygen atoms in total. The van der Waals surface area contributed by atoms with E-state index in [0.717, 1.165) is 54.8 Å². The molecule has 2 N–H and O–H groups in total. The highest BCUT2D eigenvalue weighted by Crippen LogP contribution is 2.37. The minimum atomic E-state index is -4.50. The van der Waals surface area contributed by atoms with E-state index in [1.807, 2.05) is 19.1 Å². The van der Waals surface area contributed by atoms with Crippen molar-refractivity contribution < 1.29 is 32.4 Å². The number of aldehydes is 1. The monoisotopic (exact) mass is 484 g/mol. The maximum absolute atomic E-state index is 13.6. The number of unbranched alkanes of at least 4 members (excludes halogenated alkanes) is 2. The first-order chi connectivity index (χ1) is 16.2. The highest BCUT2D eigenvalue weighted by molar-refractivity contribution is 7.87. The molecule has 180 valence electrons. The number of aryl methyl sites for hydroxylation is 1. The predicted molar refractivity (Wildman–Crippen MR) is 129 cm³/mol. The van der Waals surface area contributed by atoms with Crippen molar-refractivity contribution in [2.45, 2.75) is 57.3 Å². The summed E-state index contributed by atoms with van der Waals surface area (Å²) < 4.78 is 32.5. The van der Waals surface area contributed by atoms with Gasteiger partial charge >= 0.3 is 16.1 Å². The van der Waals surface area contributed by atoms with Crippen LogP contribution in [0.25, 0.3) is 10.8 Å². The van der Waals surface area contributed by atoms with Gasteiger partial charge in [0.1, 0.15) is 22.0 Å². The van der Waals surface area contributed by atoms with Crippen molar-refractivity contribution in [3.8, 4) is 11.5 Å². The molecule has 0 spiro atoms. The van der Waals surface area contributed by atoms with E-state index >= 15 is 0 Å². The molecule has 3 aromatic rings. The first kappa shape index (κ1) is 25.2. The normalized spacial score (nSPS) is 11.5. The van der Waals surface area contributed by atoms with Gasteiger partial charge in [-0.05, 0) is 59.7 Å². The van der Waals surface area contributed by atoms with E-state index in [4.69, 9.17) is 9.29 Å². The smallest absolute Gasteiger partial charge is 0.340 e. The summed E-state index contributed by atoms with van der Waals surface area (Å²) >= 11 is 0. The second-order valence-electron chi connectivity index (χ2n) is 8.09. The van der Waals surface area contributed by atoms with E-state index in [9.17, 15) is 23.1 Å². The van der Waals surface area contributed by atoms with Gasteiger partial charge in [-0.3, -0.25) is 4.79 Å². The van der Waals surface area contributed by atoms with Crippen LogP contribution in [0.4, 0.5) is 0 Å². The molecule has 0 atom stereocenters. The molecular formula is C26H28O7S. The molecule has 8 heteroatoms. The summed E-state index contributed by atoms with van der Waals surface area (Å²) in [5.41, 5.74) is 1.12. The molecule has 0 fully saturated rings. The minimum Gasteiger partial charge on any atom is -0.507 e. The summed E-state index contributed by atoms with van der Waals surface area (Å²) in [5, 5.41) is 20.5. The average Bonchev–Trinajstić information content (AvgIpc) is 2.80. The standard InChI is InChI=1S/C26H28O7S/c1-3-5-9-19-18-11-7-8-12-20(18)23(16-27)25(21(19)10-6-4-2)34(31,32)33-17-13-14-22(26(29)30)24(28)15-17/h7-8,11-16,28H,3-6,9-10H2,1-2H3,(H,29,30). The van der Waals surface area contributed by atoms with Gasteiger partial charge in [-0.1, -0.05) is 51.0 Å². The van der Waals surface area contributed by atoms with Crippen LogP contribution in [-0.4, -0.2) is 30.9 Å². The summed E-state index contributed by atoms with van der Waals surface area (Å²) in [6, 6.07) is 10.4. The maximum Gasteiger partial charge on any atom is 0.340 e. The number of hydrogen-bond donors (Lipinski definition) is 2. The highest BCUT2D eigenvalue weighted by Gasteiger charge is 2.30. The SMILES string of the molecule is CCCCc1c(S(=O)(=O)Oc2ccc(C(=O)O)c(O)c2)c(C=O)c2ccccc2c1CCCC. The van der Waals surface area contributed by atoms with Crippen LogP contribution >= 0.6 is 0 Å². The molecule has 34 heavy (non-hydrogen) atoms. The third-order valence-corrected chi connectivity index (χ3v) is 7.14. The molecule has 3 rings (SSSR count). The molecule has 0 saturated carbocycles. The lowest BCUT2D eigenvalue weighted by atomic mass is 9.89. The zero-order valence-corrected chi connectivity index (χ0v) is 20.0. The van der Waals surface area contributed by atoms with Crippen LogP contribution < -0.4 is 4.18 Å². The first-order valence-electron chi connectivity index (χ1n) is 11.3. The maximum atomic E-state index is 13.6. The quantitative estimate of drug-likeness (QED) is 0.272.